The molecule has 1 aliphatic rings. The van der Waals surface area contributed by atoms with E-state index in [4.69, 9.17) is 15.3 Å². The standard InChI is InChI=1S/C12H26N2O2/c1-3-16-9-11(14-13)12(15-2)10-7-5-4-6-8-10/h10-12,14H,3-9,13H2,1-2H3. The van der Waals surface area contributed by atoms with Crippen LogP contribution in [0.25, 0.3) is 0 Å². The van der Waals surface area contributed by atoms with Crippen LogP contribution in [0, 0.1) is 5.92 Å². The summed E-state index contributed by atoms with van der Waals surface area (Å²) in [6, 6.07) is 0.105. The summed E-state index contributed by atoms with van der Waals surface area (Å²) in [5.74, 6) is 6.21. The molecule has 0 radical (unpaired) electrons. The van der Waals surface area contributed by atoms with Gasteiger partial charge in [0.1, 0.15) is 0 Å². The van der Waals surface area contributed by atoms with Gasteiger partial charge < -0.3 is 9.47 Å². The number of rotatable bonds is 7. The molecule has 4 nitrogen and oxygen atoms in total. The molecule has 3 N–H and O–H groups in total. The summed E-state index contributed by atoms with van der Waals surface area (Å²) >= 11 is 0. The van der Waals surface area contributed by atoms with Gasteiger partial charge in [0.05, 0.1) is 18.8 Å². The van der Waals surface area contributed by atoms with E-state index in [-0.39, 0.29) is 12.1 Å². The number of nitrogens with two attached hydrogens (primary N) is 1. The van der Waals surface area contributed by atoms with Crippen molar-refractivity contribution in [1.82, 2.24) is 5.43 Å². The third-order valence-corrected chi connectivity index (χ3v) is 3.50. The summed E-state index contributed by atoms with van der Waals surface area (Å²) in [5, 5.41) is 0. The Morgan fingerprint density at radius 1 is 1.31 bits per heavy atom. The van der Waals surface area contributed by atoms with Crippen molar-refractivity contribution in [3.8, 4) is 0 Å². The first kappa shape index (κ1) is 13.9. The van der Waals surface area contributed by atoms with E-state index in [9.17, 15) is 0 Å². The van der Waals surface area contributed by atoms with E-state index in [0.29, 0.717) is 12.5 Å². The van der Waals surface area contributed by atoms with E-state index in [0.717, 1.165) is 6.61 Å². The number of hydrogen-bond acceptors (Lipinski definition) is 4. The molecule has 1 aliphatic carbocycles. The molecule has 0 amide bonds. The number of ether oxygens (including phenoxy) is 2. The number of hydrogen-bond donors (Lipinski definition) is 2. The van der Waals surface area contributed by atoms with Crippen LogP contribution in [0.15, 0.2) is 0 Å². The number of methoxy groups -OCH3 is 1. The monoisotopic (exact) mass is 230 g/mol. The second kappa shape index (κ2) is 8.01. The van der Waals surface area contributed by atoms with Crippen LogP contribution >= 0.6 is 0 Å². The molecule has 16 heavy (non-hydrogen) atoms. The first-order valence-corrected chi connectivity index (χ1v) is 6.40. The Bertz CT molecular complexity index is 172. The van der Waals surface area contributed by atoms with Gasteiger partial charge in [0.15, 0.2) is 0 Å². The van der Waals surface area contributed by atoms with Crippen molar-refractivity contribution in [2.75, 3.05) is 20.3 Å². The lowest BCUT2D eigenvalue weighted by Crippen LogP contribution is -2.51. The van der Waals surface area contributed by atoms with Crippen LogP contribution in [0.3, 0.4) is 0 Å². The lowest BCUT2D eigenvalue weighted by Gasteiger charge is -2.34. The maximum Gasteiger partial charge on any atom is 0.0788 e. The average Bonchev–Trinajstić information content (AvgIpc) is 2.35. The molecule has 0 aliphatic heterocycles. The molecule has 1 rings (SSSR count). The smallest absolute Gasteiger partial charge is 0.0788 e. The van der Waals surface area contributed by atoms with Crippen LogP contribution < -0.4 is 11.3 Å². The predicted octanol–water partition coefficient (Wildman–Crippen LogP) is 1.45. The molecule has 0 heterocycles. The van der Waals surface area contributed by atoms with Crippen LogP contribution in [-0.2, 0) is 9.47 Å². The molecule has 0 saturated heterocycles. The predicted molar refractivity (Wildman–Crippen MR) is 65.0 cm³/mol. The molecule has 2 unspecified atom stereocenters. The second-order valence-corrected chi connectivity index (χ2v) is 4.53. The molecule has 1 saturated carbocycles. The van der Waals surface area contributed by atoms with E-state index in [1.165, 1.54) is 32.1 Å². The highest BCUT2D eigenvalue weighted by Crippen LogP contribution is 2.29. The van der Waals surface area contributed by atoms with Crippen LogP contribution in [0.1, 0.15) is 39.0 Å². The van der Waals surface area contributed by atoms with E-state index in [1.54, 1.807) is 7.11 Å². The number of hydrazine groups is 1. The van der Waals surface area contributed by atoms with E-state index >= 15 is 0 Å². The van der Waals surface area contributed by atoms with Gasteiger partial charge in [-0.2, -0.15) is 0 Å². The Hall–Kier alpha value is -0.160. The Balaban J connectivity index is 2.47. The summed E-state index contributed by atoms with van der Waals surface area (Å²) in [5.41, 5.74) is 2.84. The van der Waals surface area contributed by atoms with Gasteiger partial charge in [0.2, 0.25) is 0 Å². The van der Waals surface area contributed by atoms with Gasteiger partial charge in [-0.1, -0.05) is 19.3 Å². The minimum Gasteiger partial charge on any atom is -0.380 e. The van der Waals surface area contributed by atoms with Gasteiger partial charge in [-0.25, -0.2) is 0 Å². The SMILES string of the molecule is CCOCC(NN)C(OC)C1CCCCC1. The van der Waals surface area contributed by atoms with Gasteiger partial charge in [0, 0.05) is 13.7 Å². The average molecular weight is 230 g/mol. The van der Waals surface area contributed by atoms with Crippen molar-refractivity contribution in [2.24, 2.45) is 11.8 Å². The van der Waals surface area contributed by atoms with Crippen molar-refractivity contribution in [3.63, 3.8) is 0 Å². The maximum atomic E-state index is 5.62. The Morgan fingerprint density at radius 3 is 2.50 bits per heavy atom. The lowest BCUT2D eigenvalue weighted by atomic mass is 9.83. The van der Waals surface area contributed by atoms with Gasteiger partial charge in [-0.05, 0) is 25.7 Å². The summed E-state index contributed by atoms with van der Waals surface area (Å²) in [4.78, 5) is 0. The van der Waals surface area contributed by atoms with Crippen molar-refractivity contribution >= 4 is 0 Å². The molecule has 4 heteroatoms. The molecular formula is C12H26N2O2. The molecule has 2 atom stereocenters. The quantitative estimate of drug-likeness (QED) is 0.513. The Morgan fingerprint density at radius 2 is 2.00 bits per heavy atom. The minimum atomic E-state index is 0.105. The molecule has 1 fully saturated rings. The van der Waals surface area contributed by atoms with Crippen molar-refractivity contribution in [2.45, 2.75) is 51.2 Å². The third-order valence-electron chi connectivity index (χ3n) is 3.50. The zero-order valence-electron chi connectivity index (χ0n) is 10.6. The summed E-state index contributed by atoms with van der Waals surface area (Å²) in [7, 11) is 1.77. The zero-order chi connectivity index (χ0) is 11.8. The van der Waals surface area contributed by atoms with Crippen molar-refractivity contribution in [1.29, 1.82) is 0 Å². The Kier molecular flexibility index (Phi) is 6.96. The van der Waals surface area contributed by atoms with Crippen LogP contribution in [0.5, 0.6) is 0 Å². The summed E-state index contributed by atoms with van der Waals surface area (Å²) in [6.45, 7) is 3.34. The highest BCUT2D eigenvalue weighted by Gasteiger charge is 2.30. The second-order valence-electron chi connectivity index (χ2n) is 4.53. The largest absolute Gasteiger partial charge is 0.380 e. The van der Waals surface area contributed by atoms with Gasteiger partial charge in [0.25, 0.3) is 0 Å². The van der Waals surface area contributed by atoms with Crippen molar-refractivity contribution in [3.05, 3.63) is 0 Å². The fraction of sp³-hybridized carbons (Fsp3) is 1.00. The zero-order valence-corrected chi connectivity index (χ0v) is 10.6. The molecule has 0 spiro atoms. The first-order valence-electron chi connectivity index (χ1n) is 6.40. The molecule has 0 aromatic rings. The van der Waals surface area contributed by atoms with Crippen LogP contribution in [0.4, 0.5) is 0 Å². The molecular weight excluding hydrogens is 204 g/mol. The molecule has 0 bridgehead atoms. The normalized spacial score (nSPS) is 21.9. The van der Waals surface area contributed by atoms with Crippen LogP contribution in [0.2, 0.25) is 0 Å². The van der Waals surface area contributed by atoms with E-state index < -0.39 is 0 Å². The summed E-state index contributed by atoms with van der Waals surface area (Å²) < 4.78 is 11.1. The third kappa shape index (κ3) is 4.01. The fourth-order valence-corrected chi connectivity index (χ4v) is 2.63. The molecule has 96 valence electrons. The summed E-state index contributed by atoms with van der Waals surface area (Å²) in [6.07, 6.45) is 6.68. The van der Waals surface area contributed by atoms with Crippen LogP contribution in [-0.4, -0.2) is 32.5 Å². The van der Waals surface area contributed by atoms with Gasteiger partial charge in [-0.15, -0.1) is 0 Å². The van der Waals surface area contributed by atoms with Gasteiger partial charge in [-0.3, -0.25) is 11.3 Å². The Labute approximate surface area is 98.8 Å². The van der Waals surface area contributed by atoms with E-state index in [2.05, 4.69) is 5.43 Å². The first-order chi connectivity index (χ1) is 7.83. The highest BCUT2D eigenvalue weighted by molar-refractivity contribution is 4.83. The highest BCUT2D eigenvalue weighted by atomic mass is 16.5. The maximum absolute atomic E-state index is 5.62. The number of nitrogens with one attached hydrogen (secondary N) is 1. The lowest BCUT2D eigenvalue weighted by molar-refractivity contribution is -0.0188. The molecule has 0 aromatic carbocycles. The van der Waals surface area contributed by atoms with Crippen molar-refractivity contribution < 1.29 is 9.47 Å². The molecule has 0 aromatic heterocycles. The van der Waals surface area contributed by atoms with Gasteiger partial charge >= 0.3 is 0 Å². The van der Waals surface area contributed by atoms with E-state index in [1.807, 2.05) is 6.92 Å². The topological polar surface area (TPSA) is 56.5 Å². The fourth-order valence-electron chi connectivity index (χ4n) is 2.63. The minimum absolute atomic E-state index is 0.105.